The number of nitrogens with two attached hydrogens (primary N) is 2. The van der Waals surface area contributed by atoms with Crippen molar-refractivity contribution in [2.24, 2.45) is 29.2 Å². The van der Waals surface area contributed by atoms with Crippen molar-refractivity contribution in [3.8, 4) is 5.75 Å². The third kappa shape index (κ3) is 4.89. The van der Waals surface area contributed by atoms with E-state index in [1.807, 2.05) is 18.2 Å². The number of fused-ring (bicyclic) bond motifs is 2. The molecular formula is C19H28ClN3O3. The van der Waals surface area contributed by atoms with Crippen LogP contribution < -0.4 is 21.5 Å². The fourth-order valence-electron chi connectivity index (χ4n) is 4.20. The molecule has 2 fully saturated rings. The van der Waals surface area contributed by atoms with E-state index >= 15 is 0 Å². The molecule has 2 unspecified atom stereocenters. The van der Waals surface area contributed by atoms with Crippen LogP contribution >= 0.6 is 12.4 Å². The van der Waals surface area contributed by atoms with Gasteiger partial charge in [0.15, 0.2) is 0 Å². The lowest BCUT2D eigenvalue weighted by molar-refractivity contribution is -0.122. The van der Waals surface area contributed by atoms with Crippen LogP contribution in [0.25, 0.3) is 0 Å². The Hall–Kier alpha value is -1.79. The Kier molecular flexibility index (Phi) is 7.29. The maximum Gasteiger partial charge on any atom is 0.227 e. The number of primary amides is 1. The molecule has 0 radical (unpaired) electrons. The number of anilines is 1. The number of halogens is 1. The molecule has 0 spiro atoms. The number of rotatable bonds is 6. The molecule has 0 saturated heterocycles. The van der Waals surface area contributed by atoms with Crippen LogP contribution in [0.15, 0.2) is 24.3 Å². The Labute approximate surface area is 160 Å². The van der Waals surface area contributed by atoms with Crippen LogP contribution in [-0.2, 0) is 9.59 Å². The van der Waals surface area contributed by atoms with Gasteiger partial charge < -0.3 is 21.5 Å². The summed E-state index contributed by atoms with van der Waals surface area (Å²) in [6.45, 7) is 0.199. The molecule has 0 aromatic heterocycles. The Bertz CT molecular complexity index is 626. The van der Waals surface area contributed by atoms with Gasteiger partial charge in [0.1, 0.15) is 5.75 Å². The number of carbonyl (C=O) groups is 2. The van der Waals surface area contributed by atoms with Crippen LogP contribution in [0, 0.1) is 17.8 Å². The molecule has 0 heterocycles. The first-order chi connectivity index (χ1) is 12.0. The zero-order valence-electron chi connectivity index (χ0n) is 14.9. The van der Waals surface area contributed by atoms with Gasteiger partial charge in [0.05, 0.1) is 18.7 Å². The SMILES string of the molecule is Cl.NC(=O)CCOc1ccccc1NC(=O)C1CC2CCCC(C1)C2N. The molecule has 2 aliphatic rings. The van der Waals surface area contributed by atoms with Gasteiger partial charge in [-0.1, -0.05) is 18.6 Å². The van der Waals surface area contributed by atoms with Crippen LogP contribution in [-0.4, -0.2) is 24.5 Å². The zero-order valence-corrected chi connectivity index (χ0v) is 15.7. The predicted octanol–water partition coefficient (Wildman–Crippen LogP) is 2.45. The Balaban J connectivity index is 0.00000243. The van der Waals surface area contributed by atoms with Gasteiger partial charge in [-0.25, -0.2) is 0 Å². The smallest absolute Gasteiger partial charge is 0.227 e. The molecule has 3 rings (SSSR count). The Morgan fingerprint density at radius 1 is 1.15 bits per heavy atom. The minimum absolute atomic E-state index is 0. The third-order valence-electron chi connectivity index (χ3n) is 5.53. The van der Waals surface area contributed by atoms with E-state index in [4.69, 9.17) is 16.2 Å². The fourth-order valence-corrected chi connectivity index (χ4v) is 4.20. The molecule has 6 nitrogen and oxygen atoms in total. The van der Waals surface area contributed by atoms with Gasteiger partial charge in [-0.15, -0.1) is 12.4 Å². The number of hydrogen-bond donors (Lipinski definition) is 3. The summed E-state index contributed by atoms with van der Waals surface area (Å²) in [5, 5.41) is 3.00. The first-order valence-corrected chi connectivity index (χ1v) is 9.11. The number of hydrogen-bond acceptors (Lipinski definition) is 4. The molecule has 144 valence electrons. The monoisotopic (exact) mass is 381 g/mol. The molecule has 1 aromatic rings. The summed E-state index contributed by atoms with van der Waals surface area (Å²) in [7, 11) is 0. The minimum Gasteiger partial charge on any atom is -0.491 e. The average Bonchev–Trinajstić information content (AvgIpc) is 2.55. The van der Waals surface area contributed by atoms with Gasteiger partial charge in [0, 0.05) is 12.0 Å². The highest BCUT2D eigenvalue weighted by Crippen LogP contribution is 2.42. The highest BCUT2D eigenvalue weighted by molar-refractivity contribution is 5.94. The van der Waals surface area contributed by atoms with Gasteiger partial charge in [-0.3, -0.25) is 9.59 Å². The molecule has 2 aliphatic carbocycles. The second kappa shape index (κ2) is 9.24. The van der Waals surface area contributed by atoms with Crippen molar-refractivity contribution in [1.29, 1.82) is 0 Å². The lowest BCUT2D eigenvalue weighted by Crippen LogP contribution is -2.48. The van der Waals surface area contributed by atoms with E-state index in [0.717, 1.165) is 25.7 Å². The molecule has 1 aromatic carbocycles. The van der Waals surface area contributed by atoms with Gasteiger partial charge in [-0.05, 0) is 49.7 Å². The number of ether oxygens (including phenoxy) is 1. The molecule has 2 saturated carbocycles. The van der Waals surface area contributed by atoms with Crippen molar-refractivity contribution in [2.75, 3.05) is 11.9 Å². The number of benzene rings is 1. The number of nitrogens with one attached hydrogen (secondary N) is 1. The lowest BCUT2D eigenvalue weighted by Gasteiger charge is -2.43. The summed E-state index contributed by atoms with van der Waals surface area (Å²) < 4.78 is 5.59. The van der Waals surface area contributed by atoms with E-state index in [1.165, 1.54) is 6.42 Å². The van der Waals surface area contributed by atoms with E-state index in [2.05, 4.69) is 5.32 Å². The predicted molar refractivity (Wildman–Crippen MR) is 103 cm³/mol. The van der Waals surface area contributed by atoms with Crippen molar-refractivity contribution >= 4 is 29.9 Å². The quantitative estimate of drug-likeness (QED) is 0.703. The Morgan fingerprint density at radius 3 is 2.46 bits per heavy atom. The third-order valence-corrected chi connectivity index (χ3v) is 5.53. The topological polar surface area (TPSA) is 107 Å². The standard InChI is InChI=1S/C19H27N3O3.ClH/c20-17(23)8-9-25-16-7-2-1-6-15(16)22-19(24)14-10-12-4-3-5-13(11-14)18(12)21;/h1-2,6-7,12-14,18H,3-5,8-11,21H2,(H2,20,23)(H,22,24);1H. The average molecular weight is 382 g/mol. The zero-order chi connectivity index (χ0) is 17.8. The number of para-hydroxylation sites is 2. The molecular weight excluding hydrogens is 354 g/mol. The molecule has 2 atom stereocenters. The number of carbonyl (C=O) groups excluding carboxylic acids is 2. The molecule has 26 heavy (non-hydrogen) atoms. The molecule has 5 N–H and O–H groups in total. The van der Waals surface area contributed by atoms with E-state index in [9.17, 15) is 9.59 Å². The number of amides is 2. The van der Waals surface area contributed by atoms with Gasteiger partial charge in [-0.2, -0.15) is 0 Å². The second-order valence-corrected chi connectivity index (χ2v) is 7.25. The van der Waals surface area contributed by atoms with Crippen molar-refractivity contribution in [3.63, 3.8) is 0 Å². The molecule has 2 amide bonds. The van der Waals surface area contributed by atoms with E-state index < -0.39 is 5.91 Å². The fraction of sp³-hybridized carbons (Fsp3) is 0.579. The van der Waals surface area contributed by atoms with Crippen LogP contribution in [0.2, 0.25) is 0 Å². The molecule has 2 bridgehead atoms. The first-order valence-electron chi connectivity index (χ1n) is 9.11. The highest BCUT2D eigenvalue weighted by Gasteiger charge is 2.40. The summed E-state index contributed by atoms with van der Waals surface area (Å²) in [6, 6.07) is 7.53. The van der Waals surface area contributed by atoms with Gasteiger partial charge in [0.2, 0.25) is 11.8 Å². The molecule has 7 heteroatoms. The van der Waals surface area contributed by atoms with Crippen molar-refractivity contribution in [1.82, 2.24) is 0 Å². The summed E-state index contributed by atoms with van der Waals surface area (Å²) in [6.07, 6.45) is 5.38. The van der Waals surface area contributed by atoms with E-state index in [0.29, 0.717) is 23.3 Å². The molecule has 0 aliphatic heterocycles. The van der Waals surface area contributed by atoms with Gasteiger partial charge in [0.25, 0.3) is 0 Å². The highest BCUT2D eigenvalue weighted by atomic mass is 35.5. The van der Waals surface area contributed by atoms with Crippen LogP contribution in [0.3, 0.4) is 0 Å². The maximum absolute atomic E-state index is 12.8. The van der Waals surface area contributed by atoms with Gasteiger partial charge >= 0.3 is 0 Å². The lowest BCUT2D eigenvalue weighted by atomic mass is 9.65. The normalized spacial score (nSPS) is 27.1. The van der Waals surface area contributed by atoms with Crippen LogP contribution in [0.1, 0.15) is 38.5 Å². The van der Waals surface area contributed by atoms with E-state index in [-0.39, 0.29) is 43.3 Å². The van der Waals surface area contributed by atoms with Crippen LogP contribution in [0.4, 0.5) is 5.69 Å². The van der Waals surface area contributed by atoms with Crippen LogP contribution in [0.5, 0.6) is 5.75 Å². The van der Waals surface area contributed by atoms with Crippen molar-refractivity contribution in [3.05, 3.63) is 24.3 Å². The van der Waals surface area contributed by atoms with E-state index in [1.54, 1.807) is 6.07 Å². The largest absolute Gasteiger partial charge is 0.491 e. The summed E-state index contributed by atoms with van der Waals surface area (Å²) in [5.41, 5.74) is 12.1. The van der Waals surface area contributed by atoms with Crippen molar-refractivity contribution in [2.45, 2.75) is 44.6 Å². The summed E-state index contributed by atoms with van der Waals surface area (Å²) >= 11 is 0. The maximum atomic E-state index is 12.8. The second-order valence-electron chi connectivity index (χ2n) is 7.25. The summed E-state index contributed by atoms with van der Waals surface area (Å²) in [5.74, 6) is 1.12. The Morgan fingerprint density at radius 2 is 1.81 bits per heavy atom. The van der Waals surface area contributed by atoms with Crippen molar-refractivity contribution < 1.29 is 14.3 Å². The minimum atomic E-state index is -0.411. The summed E-state index contributed by atoms with van der Waals surface area (Å²) in [4.78, 5) is 23.6. The first kappa shape index (κ1) is 20.5.